The van der Waals surface area contributed by atoms with Crippen LogP contribution >= 0.6 is 0 Å². The maximum absolute atomic E-state index is 12.4. The number of hydrogen-bond acceptors (Lipinski definition) is 6. The molecule has 0 aliphatic carbocycles. The van der Waals surface area contributed by atoms with Gasteiger partial charge in [-0.25, -0.2) is 0 Å². The Hall–Kier alpha value is -2.54. The highest BCUT2D eigenvalue weighted by Gasteiger charge is 2.18. The van der Waals surface area contributed by atoms with Crippen molar-refractivity contribution in [3.63, 3.8) is 0 Å². The first-order valence-corrected chi connectivity index (χ1v) is 7.91. The number of rotatable bonds is 6. The molecule has 0 radical (unpaired) electrons. The Balaban J connectivity index is 1.67. The fraction of sp³-hybridized carbons (Fsp3) is 0.412. The monoisotopic (exact) mass is 331 g/mol. The molecule has 24 heavy (non-hydrogen) atoms. The van der Waals surface area contributed by atoms with Gasteiger partial charge in [-0.3, -0.25) is 9.69 Å². The van der Waals surface area contributed by atoms with Crippen LogP contribution < -0.4 is 14.8 Å². The van der Waals surface area contributed by atoms with Crippen LogP contribution in [0.1, 0.15) is 29.1 Å². The zero-order chi connectivity index (χ0) is 16.9. The maximum atomic E-state index is 12.4. The molecule has 1 saturated heterocycles. The molecule has 1 amide bonds. The summed E-state index contributed by atoms with van der Waals surface area (Å²) >= 11 is 0. The summed E-state index contributed by atoms with van der Waals surface area (Å²) in [6.45, 7) is 2.81. The predicted molar refractivity (Wildman–Crippen MR) is 88.5 cm³/mol. The van der Waals surface area contributed by atoms with E-state index in [1.54, 1.807) is 31.4 Å². The molecular formula is C17H21N3O4. The number of hydrogen-bond donors (Lipinski definition) is 1. The molecule has 1 N–H and O–H groups in total. The molecule has 1 aromatic carbocycles. The van der Waals surface area contributed by atoms with E-state index in [4.69, 9.17) is 14.0 Å². The van der Waals surface area contributed by atoms with Crippen LogP contribution in [0.2, 0.25) is 0 Å². The molecule has 1 aliphatic rings. The first-order valence-electron chi connectivity index (χ1n) is 7.91. The van der Waals surface area contributed by atoms with Crippen molar-refractivity contribution in [2.24, 2.45) is 0 Å². The summed E-state index contributed by atoms with van der Waals surface area (Å²) in [7, 11) is 3.11. The number of nitrogens with one attached hydrogen (secondary N) is 1. The van der Waals surface area contributed by atoms with Crippen LogP contribution in [-0.2, 0) is 6.54 Å². The third kappa shape index (κ3) is 3.68. The second-order valence-electron chi connectivity index (χ2n) is 5.68. The largest absolute Gasteiger partial charge is 0.497 e. The number of aromatic nitrogens is 1. The Kier molecular flexibility index (Phi) is 5.00. The fourth-order valence-corrected chi connectivity index (χ4v) is 2.74. The Labute approximate surface area is 140 Å². The van der Waals surface area contributed by atoms with Crippen LogP contribution in [0.5, 0.6) is 11.5 Å². The van der Waals surface area contributed by atoms with Crippen LogP contribution in [0.25, 0.3) is 0 Å². The van der Waals surface area contributed by atoms with Gasteiger partial charge in [-0.15, -0.1) is 0 Å². The second-order valence-corrected chi connectivity index (χ2v) is 5.68. The van der Waals surface area contributed by atoms with Gasteiger partial charge in [-0.1, -0.05) is 5.16 Å². The molecule has 1 fully saturated rings. The molecule has 2 heterocycles. The minimum atomic E-state index is -0.338. The highest BCUT2D eigenvalue weighted by Crippen LogP contribution is 2.29. The number of likely N-dealkylation sites (tertiary alicyclic amines) is 1. The smallest absolute Gasteiger partial charge is 0.277 e. The lowest BCUT2D eigenvalue weighted by molar-refractivity contribution is 0.101. The van der Waals surface area contributed by atoms with Gasteiger partial charge in [-0.2, -0.15) is 0 Å². The minimum absolute atomic E-state index is 0.252. The van der Waals surface area contributed by atoms with Crippen molar-refractivity contribution in [2.75, 3.05) is 32.6 Å². The summed E-state index contributed by atoms with van der Waals surface area (Å²) in [5.74, 6) is 1.53. The lowest BCUT2D eigenvalue weighted by Gasteiger charge is -2.11. The van der Waals surface area contributed by atoms with Crippen LogP contribution in [0.4, 0.5) is 5.69 Å². The molecule has 7 heteroatoms. The number of carbonyl (C=O) groups excluding carboxylic acids is 1. The zero-order valence-corrected chi connectivity index (χ0v) is 13.9. The molecule has 0 atom stereocenters. The van der Waals surface area contributed by atoms with Gasteiger partial charge in [-0.05, 0) is 38.1 Å². The van der Waals surface area contributed by atoms with E-state index < -0.39 is 0 Å². The van der Waals surface area contributed by atoms with Gasteiger partial charge in [0.25, 0.3) is 5.91 Å². The van der Waals surface area contributed by atoms with Gasteiger partial charge in [0.1, 0.15) is 11.5 Å². The maximum Gasteiger partial charge on any atom is 0.277 e. The summed E-state index contributed by atoms with van der Waals surface area (Å²) < 4.78 is 15.7. The standard InChI is InChI=1S/C17H21N3O4/c1-22-12-5-6-14(16(10-12)23-2)18-17(21)15-9-13(24-19-15)11-20-7-3-4-8-20/h5-6,9-10H,3-4,7-8,11H2,1-2H3,(H,18,21). The Bertz CT molecular complexity index is 708. The second kappa shape index (κ2) is 7.35. The van der Waals surface area contributed by atoms with Crippen LogP contribution in [-0.4, -0.2) is 43.3 Å². The van der Waals surface area contributed by atoms with Gasteiger partial charge < -0.3 is 19.3 Å². The van der Waals surface area contributed by atoms with Crippen molar-refractivity contribution in [1.82, 2.24) is 10.1 Å². The van der Waals surface area contributed by atoms with Crippen molar-refractivity contribution in [1.29, 1.82) is 0 Å². The SMILES string of the molecule is COc1ccc(NC(=O)c2cc(CN3CCCC3)on2)c(OC)c1. The number of benzene rings is 1. The Morgan fingerprint density at radius 2 is 2.04 bits per heavy atom. The molecule has 2 aromatic rings. The molecule has 128 valence electrons. The van der Waals surface area contributed by atoms with Crippen molar-refractivity contribution < 1.29 is 18.8 Å². The van der Waals surface area contributed by atoms with Crippen molar-refractivity contribution in [3.05, 3.63) is 35.7 Å². The van der Waals surface area contributed by atoms with Gasteiger partial charge in [0.05, 0.1) is 26.5 Å². The molecule has 0 unspecified atom stereocenters. The topological polar surface area (TPSA) is 76.8 Å². The summed E-state index contributed by atoms with van der Waals surface area (Å²) in [5, 5.41) is 6.64. The van der Waals surface area contributed by atoms with E-state index in [2.05, 4.69) is 15.4 Å². The third-order valence-corrected chi connectivity index (χ3v) is 4.03. The van der Waals surface area contributed by atoms with E-state index in [1.807, 2.05) is 0 Å². The molecule has 0 bridgehead atoms. The number of ether oxygens (including phenoxy) is 2. The summed E-state index contributed by atoms with van der Waals surface area (Å²) in [6, 6.07) is 6.86. The van der Waals surface area contributed by atoms with E-state index in [-0.39, 0.29) is 11.6 Å². The quantitative estimate of drug-likeness (QED) is 0.876. The fourth-order valence-electron chi connectivity index (χ4n) is 2.74. The van der Waals surface area contributed by atoms with Crippen molar-refractivity contribution in [3.8, 4) is 11.5 Å². The van der Waals surface area contributed by atoms with E-state index in [1.165, 1.54) is 20.0 Å². The Morgan fingerprint density at radius 3 is 2.75 bits per heavy atom. The summed E-state index contributed by atoms with van der Waals surface area (Å²) in [4.78, 5) is 14.6. The molecule has 1 aromatic heterocycles. The average Bonchev–Trinajstić information content (AvgIpc) is 3.27. The molecular weight excluding hydrogens is 310 g/mol. The van der Waals surface area contributed by atoms with Crippen molar-refractivity contribution in [2.45, 2.75) is 19.4 Å². The lowest BCUT2D eigenvalue weighted by atomic mass is 10.2. The first-order chi connectivity index (χ1) is 11.7. The van der Waals surface area contributed by atoms with E-state index in [0.29, 0.717) is 29.5 Å². The van der Waals surface area contributed by atoms with E-state index in [0.717, 1.165) is 13.1 Å². The van der Waals surface area contributed by atoms with Crippen LogP contribution in [0.3, 0.4) is 0 Å². The highest BCUT2D eigenvalue weighted by molar-refractivity contribution is 6.03. The van der Waals surface area contributed by atoms with Crippen LogP contribution in [0.15, 0.2) is 28.8 Å². The predicted octanol–water partition coefficient (Wildman–Crippen LogP) is 2.54. The van der Waals surface area contributed by atoms with Crippen molar-refractivity contribution >= 4 is 11.6 Å². The minimum Gasteiger partial charge on any atom is -0.497 e. The highest BCUT2D eigenvalue weighted by atomic mass is 16.5. The molecule has 1 aliphatic heterocycles. The van der Waals surface area contributed by atoms with Gasteiger partial charge in [0, 0.05) is 12.1 Å². The van der Waals surface area contributed by atoms with E-state index >= 15 is 0 Å². The summed E-state index contributed by atoms with van der Waals surface area (Å²) in [6.07, 6.45) is 2.41. The Morgan fingerprint density at radius 1 is 1.25 bits per heavy atom. The van der Waals surface area contributed by atoms with E-state index in [9.17, 15) is 4.79 Å². The molecule has 0 saturated carbocycles. The summed E-state index contributed by atoms with van der Waals surface area (Å²) in [5.41, 5.74) is 0.800. The number of anilines is 1. The van der Waals surface area contributed by atoms with Crippen LogP contribution in [0, 0.1) is 0 Å². The zero-order valence-electron chi connectivity index (χ0n) is 13.9. The third-order valence-electron chi connectivity index (χ3n) is 4.03. The molecule has 0 spiro atoms. The number of nitrogens with zero attached hydrogens (tertiary/aromatic N) is 2. The van der Waals surface area contributed by atoms with Gasteiger partial charge >= 0.3 is 0 Å². The normalized spacial score (nSPS) is 14.6. The van der Waals surface area contributed by atoms with Gasteiger partial charge in [0.2, 0.25) is 0 Å². The number of carbonyl (C=O) groups is 1. The average molecular weight is 331 g/mol. The molecule has 7 nitrogen and oxygen atoms in total. The first kappa shape index (κ1) is 16.3. The number of amides is 1. The lowest BCUT2D eigenvalue weighted by Crippen LogP contribution is -2.18. The number of methoxy groups -OCH3 is 2. The van der Waals surface area contributed by atoms with Gasteiger partial charge in [0.15, 0.2) is 11.5 Å². The molecule has 3 rings (SSSR count).